The largest absolute Gasteiger partial charge is 0.466 e. The van der Waals surface area contributed by atoms with Gasteiger partial charge in [0.1, 0.15) is 0 Å². The van der Waals surface area contributed by atoms with E-state index in [2.05, 4.69) is 19.2 Å². The molecule has 0 aliphatic heterocycles. The van der Waals surface area contributed by atoms with Crippen LogP contribution in [0.1, 0.15) is 290 Å². The molecule has 3 N–H and O–H groups in total. The van der Waals surface area contributed by atoms with Gasteiger partial charge in [-0.05, 0) is 25.7 Å². The van der Waals surface area contributed by atoms with Gasteiger partial charge in [0.05, 0.1) is 25.4 Å². The first-order valence-electron chi connectivity index (χ1n) is 25.8. The highest BCUT2D eigenvalue weighted by Crippen LogP contribution is 2.17. The van der Waals surface area contributed by atoms with Gasteiger partial charge in [-0.2, -0.15) is 0 Å². The molecule has 0 heterocycles. The van der Waals surface area contributed by atoms with Crippen molar-refractivity contribution in [2.45, 2.75) is 302 Å². The van der Waals surface area contributed by atoms with Crippen LogP contribution in [0.25, 0.3) is 0 Å². The maximum atomic E-state index is 12.5. The summed E-state index contributed by atoms with van der Waals surface area (Å²) in [6.45, 7) is 4.90. The lowest BCUT2D eigenvalue weighted by Crippen LogP contribution is -2.45. The summed E-state index contributed by atoms with van der Waals surface area (Å²) in [6.07, 6.45) is 52.1. The molecule has 6 heteroatoms. The zero-order chi connectivity index (χ0) is 41.5. The van der Waals surface area contributed by atoms with Crippen LogP contribution in [-0.4, -0.2) is 47.4 Å². The monoisotopic (exact) mass is 808 g/mol. The molecular weight excluding hydrogens is 707 g/mol. The maximum absolute atomic E-state index is 12.5. The average molecular weight is 808 g/mol. The molecule has 0 aliphatic rings. The summed E-state index contributed by atoms with van der Waals surface area (Å²) < 4.78 is 5.43. The minimum absolute atomic E-state index is 0.0242. The van der Waals surface area contributed by atoms with E-state index in [0.717, 1.165) is 57.8 Å². The summed E-state index contributed by atoms with van der Waals surface area (Å²) in [6, 6.07) is -0.560. The number of aliphatic hydroxyl groups is 2. The van der Waals surface area contributed by atoms with Gasteiger partial charge in [0.25, 0.3) is 0 Å². The Hall–Kier alpha value is -1.14. The Morgan fingerprint density at radius 2 is 0.719 bits per heavy atom. The van der Waals surface area contributed by atoms with Crippen LogP contribution in [0.2, 0.25) is 0 Å². The van der Waals surface area contributed by atoms with E-state index in [0.29, 0.717) is 25.9 Å². The third-order valence-corrected chi connectivity index (χ3v) is 12.2. The van der Waals surface area contributed by atoms with Crippen LogP contribution in [0.5, 0.6) is 0 Å². The molecule has 0 aromatic carbocycles. The van der Waals surface area contributed by atoms with E-state index >= 15 is 0 Å². The third-order valence-electron chi connectivity index (χ3n) is 12.2. The minimum Gasteiger partial charge on any atom is -0.466 e. The summed E-state index contributed by atoms with van der Waals surface area (Å²) in [5.74, 6) is -0.0834. The van der Waals surface area contributed by atoms with E-state index in [1.54, 1.807) is 0 Å². The van der Waals surface area contributed by atoms with Crippen LogP contribution in [0.4, 0.5) is 0 Å². The molecule has 2 atom stereocenters. The smallest absolute Gasteiger partial charge is 0.305 e. The molecule has 0 bridgehead atoms. The summed E-state index contributed by atoms with van der Waals surface area (Å²) in [5.41, 5.74) is 0. The fourth-order valence-corrected chi connectivity index (χ4v) is 8.17. The second-order valence-corrected chi connectivity index (χ2v) is 17.9. The van der Waals surface area contributed by atoms with Gasteiger partial charge in [-0.1, -0.05) is 251 Å². The zero-order valence-corrected chi connectivity index (χ0v) is 38.6. The number of nitrogens with one attached hydrogen (secondary N) is 1. The lowest BCUT2D eigenvalue weighted by Gasteiger charge is -2.22. The second kappa shape index (κ2) is 47.5. The molecule has 0 spiro atoms. The molecular formula is C51H101NO5. The number of esters is 1. The second-order valence-electron chi connectivity index (χ2n) is 17.9. The Bertz CT molecular complexity index is 806. The van der Waals surface area contributed by atoms with Gasteiger partial charge >= 0.3 is 5.97 Å². The number of rotatable bonds is 48. The van der Waals surface area contributed by atoms with Gasteiger partial charge in [-0.3, -0.25) is 9.59 Å². The van der Waals surface area contributed by atoms with Crippen molar-refractivity contribution >= 4 is 11.9 Å². The van der Waals surface area contributed by atoms with Crippen molar-refractivity contribution in [2.75, 3.05) is 13.2 Å². The first-order valence-corrected chi connectivity index (χ1v) is 25.8. The Balaban J connectivity index is 3.48. The van der Waals surface area contributed by atoms with Gasteiger partial charge in [0.2, 0.25) is 5.91 Å². The van der Waals surface area contributed by atoms with Gasteiger partial charge in [-0.15, -0.1) is 0 Å². The van der Waals surface area contributed by atoms with E-state index in [4.69, 9.17) is 4.74 Å². The van der Waals surface area contributed by atoms with E-state index in [1.165, 1.54) is 199 Å². The Morgan fingerprint density at radius 1 is 0.421 bits per heavy atom. The first-order chi connectivity index (χ1) is 28.0. The fraction of sp³-hybridized carbons (Fsp3) is 0.961. The number of ether oxygens (including phenoxy) is 1. The number of carbonyl (C=O) groups excluding carboxylic acids is 2. The average Bonchev–Trinajstić information content (AvgIpc) is 3.21. The molecule has 0 radical (unpaired) electrons. The van der Waals surface area contributed by atoms with Crippen molar-refractivity contribution in [1.82, 2.24) is 5.32 Å². The molecule has 0 fully saturated rings. The van der Waals surface area contributed by atoms with E-state index < -0.39 is 12.1 Å². The molecule has 57 heavy (non-hydrogen) atoms. The van der Waals surface area contributed by atoms with Crippen molar-refractivity contribution in [3.63, 3.8) is 0 Å². The molecule has 2 unspecified atom stereocenters. The van der Waals surface area contributed by atoms with E-state index in [1.807, 2.05) is 0 Å². The summed E-state index contributed by atoms with van der Waals surface area (Å²) in [5, 5.41) is 23.3. The SMILES string of the molecule is CCCCCCCCCCCCCCCCCCCCCCC(O)C(CO)NC(=O)CCCCCCCCCCCOC(=O)CCCCCCCCCCCCC. The quantitative estimate of drug-likeness (QED) is 0.0420. The Morgan fingerprint density at radius 3 is 1.07 bits per heavy atom. The molecule has 0 saturated heterocycles. The first kappa shape index (κ1) is 55.9. The normalized spacial score (nSPS) is 12.6. The predicted molar refractivity (Wildman–Crippen MR) is 246 cm³/mol. The van der Waals surface area contributed by atoms with Crippen molar-refractivity contribution in [1.29, 1.82) is 0 Å². The van der Waals surface area contributed by atoms with Crippen LogP contribution in [0, 0.1) is 0 Å². The van der Waals surface area contributed by atoms with Crippen molar-refractivity contribution in [3.8, 4) is 0 Å². The van der Waals surface area contributed by atoms with Crippen LogP contribution in [-0.2, 0) is 14.3 Å². The Kier molecular flexibility index (Phi) is 46.6. The van der Waals surface area contributed by atoms with E-state index in [9.17, 15) is 19.8 Å². The number of unbranched alkanes of at least 4 members (excludes halogenated alkanes) is 37. The molecule has 0 saturated carbocycles. The topological polar surface area (TPSA) is 95.9 Å². The minimum atomic E-state index is -0.680. The standard InChI is InChI=1S/C51H101NO5/c1-3-5-7-9-11-13-15-16-17-18-19-20-21-22-23-25-27-31-35-39-43-49(54)48(47-53)52-50(55)44-40-36-32-28-26-30-34-38-42-46-57-51(56)45-41-37-33-29-24-14-12-10-8-6-4-2/h48-49,53-54H,3-47H2,1-2H3,(H,52,55). The summed E-state index contributed by atoms with van der Waals surface area (Å²) in [4.78, 5) is 24.4. The van der Waals surface area contributed by atoms with Gasteiger partial charge in [-0.25, -0.2) is 0 Å². The molecule has 0 aromatic rings. The zero-order valence-electron chi connectivity index (χ0n) is 38.6. The number of aliphatic hydroxyl groups excluding tert-OH is 2. The molecule has 1 amide bonds. The third kappa shape index (κ3) is 44.2. The molecule has 6 nitrogen and oxygen atoms in total. The molecule has 340 valence electrons. The van der Waals surface area contributed by atoms with Crippen molar-refractivity contribution in [2.24, 2.45) is 0 Å². The van der Waals surface area contributed by atoms with Crippen LogP contribution in [0.15, 0.2) is 0 Å². The van der Waals surface area contributed by atoms with Crippen molar-refractivity contribution in [3.05, 3.63) is 0 Å². The molecule has 0 aromatic heterocycles. The summed E-state index contributed by atoms with van der Waals surface area (Å²) in [7, 11) is 0. The van der Waals surface area contributed by atoms with Gasteiger partial charge in [0.15, 0.2) is 0 Å². The summed E-state index contributed by atoms with van der Waals surface area (Å²) >= 11 is 0. The fourth-order valence-electron chi connectivity index (χ4n) is 8.17. The molecule has 0 aliphatic carbocycles. The lowest BCUT2D eigenvalue weighted by molar-refractivity contribution is -0.143. The van der Waals surface area contributed by atoms with Crippen LogP contribution in [0.3, 0.4) is 0 Å². The number of hydrogen-bond donors (Lipinski definition) is 3. The highest BCUT2D eigenvalue weighted by Gasteiger charge is 2.20. The van der Waals surface area contributed by atoms with Crippen LogP contribution < -0.4 is 5.32 Å². The maximum Gasteiger partial charge on any atom is 0.305 e. The van der Waals surface area contributed by atoms with Crippen molar-refractivity contribution < 1.29 is 24.5 Å². The van der Waals surface area contributed by atoms with E-state index in [-0.39, 0.29) is 18.5 Å². The number of carbonyl (C=O) groups is 2. The lowest BCUT2D eigenvalue weighted by atomic mass is 10.0. The highest BCUT2D eigenvalue weighted by atomic mass is 16.5. The number of amides is 1. The predicted octanol–water partition coefficient (Wildman–Crippen LogP) is 15.2. The molecule has 0 rings (SSSR count). The number of hydrogen-bond acceptors (Lipinski definition) is 5. The highest BCUT2D eigenvalue weighted by molar-refractivity contribution is 5.76. The Labute approximate surface area is 356 Å². The van der Waals surface area contributed by atoms with Crippen LogP contribution >= 0.6 is 0 Å². The van der Waals surface area contributed by atoms with Gasteiger partial charge in [0, 0.05) is 12.8 Å². The van der Waals surface area contributed by atoms with Gasteiger partial charge < -0.3 is 20.3 Å².